The first-order valence-corrected chi connectivity index (χ1v) is 7.84. The van der Waals surface area contributed by atoms with E-state index < -0.39 is 5.97 Å². The molecule has 0 fully saturated rings. The molecule has 3 nitrogen and oxygen atoms in total. The lowest BCUT2D eigenvalue weighted by atomic mass is 10.1. The molecule has 4 heteroatoms. The topological polar surface area (TPSA) is 35.5 Å². The molecule has 0 aliphatic rings. The maximum atomic E-state index is 12.0. The van der Waals surface area contributed by atoms with Gasteiger partial charge in [-0.25, -0.2) is 4.79 Å². The lowest BCUT2D eigenvalue weighted by Crippen LogP contribution is -2.17. The molecular weight excluding hydrogens is 324 g/mol. The Balaban J connectivity index is 1.68. The molecule has 0 radical (unpaired) electrons. The summed E-state index contributed by atoms with van der Waals surface area (Å²) in [6.07, 6.45) is 0. The minimum absolute atomic E-state index is 0.184. The van der Waals surface area contributed by atoms with Crippen LogP contribution in [0.4, 0.5) is 0 Å². The summed E-state index contributed by atoms with van der Waals surface area (Å²) in [6.45, 7) is -0.184. The minimum Gasteiger partial charge on any atom is -0.481 e. The van der Waals surface area contributed by atoms with Gasteiger partial charge in [-0.3, -0.25) is 0 Å². The van der Waals surface area contributed by atoms with Crippen LogP contribution in [0.2, 0.25) is 5.02 Å². The highest BCUT2D eigenvalue weighted by atomic mass is 35.5. The molecular formula is C20H15ClO3. The number of hydrogen-bond donors (Lipinski definition) is 0. The van der Waals surface area contributed by atoms with Gasteiger partial charge in [-0.15, -0.1) is 0 Å². The largest absolute Gasteiger partial charge is 0.481 e. The van der Waals surface area contributed by atoms with Gasteiger partial charge in [0.15, 0.2) is 6.61 Å². The summed E-state index contributed by atoms with van der Waals surface area (Å²) in [5.41, 5.74) is 1.95. The Bertz CT molecular complexity index is 831. The number of carbonyl (C=O) groups is 1. The van der Waals surface area contributed by atoms with Crippen molar-refractivity contribution in [3.63, 3.8) is 0 Å². The molecule has 120 valence electrons. The van der Waals surface area contributed by atoms with Crippen molar-refractivity contribution in [2.24, 2.45) is 0 Å². The van der Waals surface area contributed by atoms with E-state index in [2.05, 4.69) is 0 Å². The summed E-state index contributed by atoms with van der Waals surface area (Å²) in [7, 11) is 0. The lowest BCUT2D eigenvalue weighted by Gasteiger charge is -2.11. The van der Waals surface area contributed by atoms with Crippen molar-refractivity contribution < 1.29 is 14.3 Å². The van der Waals surface area contributed by atoms with Gasteiger partial charge in [0.05, 0.1) is 0 Å². The van der Waals surface area contributed by atoms with E-state index in [-0.39, 0.29) is 6.61 Å². The summed E-state index contributed by atoms with van der Waals surface area (Å²) < 4.78 is 10.9. The Morgan fingerprint density at radius 2 is 1.62 bits per heavy atom. The average Bonchev–Trinajstić information content (AvgIpc) is 2.61. The molecule has 3 aromatic rings. The molecule has 0 N–H and O–H groups in total. The summed E-state index contributed by atoms with van der Waals surface area (Å²) in [5, 5.41) is 0.510. The van der Waals surface area contributed by atoms with Crippen LogP contribution >= 0.6 is 11.6 Å². The first kappa shape index (κ1) is 16.1. The van der Waals surface area contributed by atoms with E-state index >= 15 is 0 Å². The standard InChI is InChI=1S/C20H15ClO3/c21-16-9-6-10-17(13-16)24-20(22)14-23-19-12-5-4-11-18(19)15-7-2-1-3-8-15/h1-13H,14H2. The van der Waals surface area contributed by atoms with Crippen LogP contribution in [-0.4, -0.2) is 12.6 Å². The zero-order valence-corrected chi connectivity index (χ0v) is 13.6. The number of halogens is 1. The van der Waals surface area contributed by atoms with E-state index in [1.54, 1.807) is 24.3 Å². The fourth-order valence-electron chi connectivity index (χ4n) is 2.28. The first-order chi connectivity index (χ1) is 11.7. The van der Waals surface area contributed by atoms with Crippen molar-refractivity contribution in [1.82, 2.24) is 0 Å². The smallest absolute Gasteiger partial charge is 0.349 e. The van der Waals surface area contributed by atoms with Crippen LogP contribution in [0.25, 0.3) is 11.1 Å². The number of hydrogen-bond acceptors (Lipinski definition) is 3. The van der Waals surface area contributed by atoms with Crippen molar-refractivity contribution in [2.45, 2.75) is 0 Å². The fourth-order valence-corrected chi connectivity index (χ4v) is 2.46. The molecule has 3 aromatic carbocycles. The Morgan fingerprint density at radius 3 is 2.42 bits per heavy atom. The van der Waals surface area contributed by atoms with Gasteiger partial charge in [-0.2, -0.15) is 0 Å². The molecule has 0 aromatic heterocycles. The van der Waals surface area contributed by atoms with Gasteiger partial charge in [0, 0.05) is 10.6 Å². The molecule has 0 bridgehead atoms. The van der Waals surface area contributed by atoms with Gasteiger partial charge in [0.1, 0.15) is 11.5 Å². The van der Waals surface area contributed by atoms with E-state index in [9.17, 15) is 4.79 Å². The second kappa shape index (κ2) is 7.66. The van der Waals surface area contributed by atoms with Crippen molar-refractivity contribution in [3.05, 3.63) is 83.9 Å². The summed E-state index contributed by atoms with van der Waals surface area (Å²) >= 11 is 5.87. The number of ether oxygens (including phenoxy) is 2. The van der Waals surface area contributed by atoms with Gasteiger partial charge < -0.3 is 9.47 Å². The van der Waals surface area contributed by atoms with E-state index in [4.69, 9.17) is 21.1 Å². The number of esters is 1. The number of para-hydroxylation sites is 1. The highest BCUT2D eigenvalue weighted by Crippen LogP contribution is 2.29. The zero-order valence-electron chi connectivity index (χ0n) is 12.8. The highest BCUT2D eigenvalue weighted by molar-refractivity contribution is 6.30. The molecule has 0 saturated heterocycles. The Hall–Kier alpha value is -2.78. The molecule has 3 rings (SSSR count). The van der Waals surface area contributed by atoms with Crippen molar-refractivity contribution >= 4 is 17.6 Å². The first-order valence-electron chi connectivity index (χ1n) is 7.46. The fraction of sp³-hybridized carbons (Fsp3) is 0.0500. The van der Waals surface area contributed by atoms with Crippen LogP contribution < -0.4 is 9.47 Å². The molecule has 0 spiro atoms. The van der Waals surface area contributed by atoms with Crippen LogP contribution in [0, 0.1) is 0 Å². The van der Waals surface area contributed by atoms with E-state index in [0.29, 0.717) is 16.5 Å². The normalized spacial score (nSPS) is 10.2. The Labute approximate surface area is 145 Å². The highest BCUT2D eigenvalue weighted by Gasteiger charge is 2.10. The van der Waals surface area contributed by atoms with Crippen molar-refractivity contribution in [3.8, 4) is 22.6 Å². The van der Waals surface area contributed by atoms with E-state index in [1.165, 1.54) is 0 Å². The molecule has 0 unspecified atom stereocenters. The lowest BCUT2D eigenvalue weighted by molar-refractivity contribution is -0.136. The SMILES string of the molecule is O=C(COc1ccccc1-c1ccccc1)Oc1cccc(Cl)c1. The molecule has 0 aliphatic carbocycles. The molecule has 0 heterocycles. The maximum absolute atomic E-state index is 12.0. The van der Waals surface area contributed by atoms with Gasteiger partial charge in [-0.05, 0) is 29.8 Å². The summed E-state index contributed by atoms with van der Waals surface area (Å²) in [6, 6.07) is 24.1. The Morgan fingerprint density at radius 1 is 0.875 bits per heavy atom. The molecule has 0 atom stereocenters. The van der Waals surface area contributed by atoms with Crippen LogP contribution in [0.15, 0.2) is 78.9 Å². The second-order valence-corrected chi connectivity index (χ2v) is 5.52. The van der Waals surface area contributed by atoms with Gasteiger partial charge in [0.2, 0.25) is 0 Å². The van der Waals surface area contributed by atoms with Gasteiger partial charge >= 0.3 is 5.97 Å². The third kappa shape index (κ3) is 4.15. The predicted molar refractivity (Wildman–Crippen MR) is 94.5 cm³/mol. The second-order valence-electron chi connectivity index (χ2n) is 5.08. The number of rotatable bonds is 5. The van der Waals surface area contributed by atoms with Crippen molar-refractivity contribution in [1.29, 1.82) is 0 Å². The van der Waals surface area contributed by atoms with E-state index in [1.807, 2.05) is 54.6 Å². The average molecular weight is 339 g/mol. The van der Waals surface area contributed by atoms with Crippen LogP contribution in [0.3, 0.4) is 0 Å². The quantitative estimate of drug-likeness (QED) is 0.485. The molecule has 24 heavy (non-hydrogen) atoms. The predicted octanol–water partition coefficient (Wildman–Crippen LogP) is 4.99. The molecule has 0 amide bonds. The summed E-state index contributed by atoms with van der Waals surface area (Å²) in [5.74, 6) is 0.541. The van der Waals surface area contributed by atoms with Gasteiger partial charge in [-0.1, -0.05) is 66.2 Å². The van der Waals surface area contributed by atoms with E-state index in [0.717, 1.165) is 11.1 Å². The third-order valence-electron chi connectivity index (χ3n) is 3.35. The number of benzene rings is 3. The zero-order chi connectivity index (χ0) is 16.8. The monoisotopic (exact) mass is 338 g/mol. The third-order valence-corrected chi connectivity index (χ3v) is 3.58. The molecule has 0 saturated carbocycles. The minimum atomic E-state index is -0.486. The number of carbonyl (C=O) groups excluding carboxylic acids is 1. The van der Waals surface area contributed by atoms with Crippen LogP contribution in [0.1, 0.15) is 0 Å². The van der Waals surface area contributed by atoms with Crippen molar-refractivity contribution in [2.75, 3.05) is 6.61 Å². The summed E-state index contributed by atoms with van der Waals surface area (Å²) in [4.78, 5) is 12.0. The Kier molecular flexibility index (Phi) is 5.14. The van der Waals surface area contributed by atoms with Crippen LogP contribution in [-0.2, 0) is 4.79 Å². The molecule has 0 aliphatic heterocycles. The van der Waals surface area contributed by atoms with Gasteiger partial charge in [0.25, 0.3) is 0 Å². The maximum Gasteiger partial charge on any atom is 0.349 e. The van der Waals surface area contributed by atoms with Crippen LogP contribution in [0.5, 0.6) is 11.5 Å².